The highest BCUT2D eigenvalue weighted by molar-refractivity contribution is 5.44. The van der Waals surface area contributed by atoms with E-state index >= 15 is 0 Å². The van der Waals surface area contributed by atoms with E-state index in [1.165, 1.54) is 0 Å². The molecule has 1 aliphatic rings. The summed E-state index contributed by atoms with van der Waals surface area (Å²) in [4.78, 5) is 6.20. The minimum absolute atomic E-state index is 0.162. The zero-order chi connectivity index (χ0) is 13.7. The van der Waals surface area contributed by atoms with E-state index in [4.69, 9.17) is 4.74 Å². The molecule has 5 heteroatoms. The van der Waals surface area contributed by atoms with Crippen LogP contribution in [-0.2, 0) is 11.3 Å². The molecule has 1 N–H and O–H groups in total. The number of ether oxygens (including phenoxy) is 1. The van der Waals surface area contributed by atoms with Gasteiger partial charge in [-0.3, -0.25) is 0 Å². The van der Waals surface area contributed by atoms with Crippen LogP contribution in [-0.4, -0.2) is 37.3 Å². The van der Waals surface area contributed by atoms with E-state index in [9.17, 15) is 4.39 Å². The van der Waals surface area contributed by atoms with Gasteiger partial charge >= 0.3 is 0 Å². The second kappa shape index (κ2) is 6.82. The number of hydrogen-bond donors (Lipinski definition) is 1. The lowest BCUT2D eigenvalue weighted by Crippen LogP contribution is -2.44. The fraction of sp³-hybridized carbons (Fsp3) is 0.643. The SMILES string of the molecule is CCCNCc1ccnc(N2CCOCC2C)c1F. The van der Waals surface area contributed by atoms with Crippen molar-refractivity contribution in [1.82, 2.24) is 10.3 Å². The third kappa shape index (κ3) is 3.42. The van der Waals surface area contributed by atoms with Crippen LogP contribution >= 0.6 is 0 Å². The molecule has 0 bridgehead atoms. The Bertz CT molecular complexity index is 414. The van der Waals surface area contributed by atoms with E-state index < -0.39 is 0 Å². The smallest absolute Gasteiger partial charge is 0.170 e. The van der Waals surface area contributed by atoms with Gasteiger partial charge in [-0.15, -0.1) is 0 Å². The molecule has 0 amide bonds. The topological polar surface area (TPSA) is 37.4 Å². The monoisotopic (exact) mass is 267 g/mol. The average molecular weight is 267 g/mol. The van der Waals surface area contributed by atoms with Crippen LogP contribution in [0.3, 0.4) is 0 Å². The molecule has 1 atom stereocenters. The molecule has 0 spiro atoms. The Morgan fingerprint density at radius 2 is 2.42 bits per heavy atom. The molecule has 0 aliphatic carbocycles. The summed E-state index contributed by atoms with van der Waals surface area (Å²) in [7, 11) is 0. The number of halogens is 1. The Morgan fingerprint density at radius 1 is 1.58 bits per heavy atom. The van der Waals surface area contributed by atoms with E-state index in [1.807, 2.05) is 11.8 Å². The maximum atomic E-state index is 14.5. The summed E-state index contributed by atoms with van der Waals surface area (Å²) in [6, 6.07) is 1.90. The number of anilines is 1. The highest BCUT2D eigenvalue weighted by Gasteiger charge is 2.23. The van der Waals surface area contributed by atoms with Crippen molar-refractivity contribution in [3.05, 3.63) is 23.6 Å². The average Bonchev–Trinajstić information content (AvgIpc) is 2.42. The zero-order valence-corrected chi connectivity index (χ0v) is 11.7. The molecular weight excluding hydrogens is 245 g/mol. The number of hydrogen-bond acceptors (Lipinski definition) is 4. The summed E-state index contributed by atoms with van der Waals surface area (Å²) in [5, 5.41) is 3.22. The molecule has 1 aromatic heterocycles. The van der Waals surface area contributed by atoms with Gasteiger partial charge in [0.05, 0.1) is 19.3 Å². The van der Waals surface area contributed by atoms with Crippen molar-refractivity contribution in [2.24, 2.45) is 0 Å². The summed E-state index contributed by atoms with van der Waals surface area (Å²) in [6.07, 6.45) is 2.73. The molecule has 0 radical (unpaired) electrons. The Kier molecular flexibility index (Phi) is 5.10. The number of morpholine rings is 1. The summed E-state index contributed by atoms with van der Waals surface area (Å²) in [5.74, 6) is 0.242. The molecular formula is C14H22FN3O. The lowest BCUT2D eigenvalue weighted by molar-refractivity contribution is 0.0981. The van der Waals surface area contributed by atoms with Crippen LogP contribution in [0, 0.1) is 5.82 Å². The Balaban J connectivity index is 2.14. The van der Waals surface area contributed by atoms with Gasteiger partial charge in [0.25, 0.3) is 0 Å². The molecule has 4 nitrogen and oxygen atoms in total. The van der Waals surface area contributed by atoms with Crippen LogP contribution in [0.25, 0.3) is 0 Å². The number of aromatic nitrogens is 1. The van der Waals surface area contributed by atoms with Gasteiger partial charge in [-0.25, -0.2) is 9.37 Å². The van der Waals surface area contributed by atoms with Crippen LogP contribution in [0.5, 0.6) is 0 Å². The number of nitrogens with one attached hydrogen (secondary N) is 1. The van der Waals surface area contributed by atoms with Gasteiger partial charge in [-0.2, -0.15) is 0 Å². The number of rotatable bonds is 5. The molecule has 1 saturated heterocycles. The minimum atomic E-state index is -0.208. The van der Waals surface area contributed by atoms with Gasteiger partial charge in [-0.1, -0.05) is 6.92 Å². The van der Waals surface area contributed by atoms with Crippen molar-refractivity contribution in [3.8, 4) is 0 Å². The quantitative estimate of drug-likeness (QED) is 0.827. The van der Waals surface area contributed by atoms with Gasteiger partial charge in [-0.05, 0) is 26.0 Å². The fourth-order valence-corrected chi connectivity index (χ4v) is 2.25. The summed E-state index contributed by atoms with van der Waals surface area (Å²) in [6.45, 7) is 7.51. The van der Waals surface area contributed by atoms with Gasteiger partial charge in [0.15, 0.2) is 11.6 Å². The van der Waals surface area contributed by atoms with Crippen LogP contribution < -0.4 is 10.2 Å². The van der Waals surface area contributed by atoms with Crippen molar-refractivity contribution >= 4 is 5.82 Å². The van der Waals surface area contributed by atoms with Crippen molar-refractivity contribution in [2.75, 3.05) is 31.2 Å². The molecule has 0 saturated carbocycles. The number of nitrogens with zero attached hydrogens (tertiary/aromatic N) is 2. The maximum Gasteiger partial charge on any atom is 0.170 e. The van der Waals surface area contributed by atoms with E-state index in [2.05, 4.69) is 17.2 Å². The van der Waals surface area contributed by atoms with E-state index in [0.29, 0.717) is 37.7 Å². The third-order valence-corrected chi connectivity index (χ3v) is 3.33. The Morgan fingerprint density at radius 3 is 3.16 bits per heavy atom. The van der Waals surface area contributed by atoms with Crippen LogP contribution in [0.15, 0.2) is 12.3 Å². The zero-order valence-electron chi connectivity index (χ0n) is 11.7. The van der Waals surface area contributed by atoms with Gasteiger partial charge in [0.1, 0.15) is 0 Å². The molecule has 1 unspecified atom stereocenters. The fourth-order valence-electron chi connectivity index (χ4n) is 2.25. The first-order valence-corrected chi connectivity index (χ1v) is 6.92. The molecule has 1 aromatic rings. The largest absolute Gasteiger partial charge is 0.377 e. The molecule has 1 fully saturated rings. The van der Waals surface area contributed by atoms with Crippen molar-refractivity contribution < 1.29 is 9.13 Å². The molecule has 2 heterocycles. The van der Waals surface area contributed by atoms with Crippen LogP contribution in [0.1, 0.15) is 25.8 Å². The molecule has 19 heavy (non-hydrogen) atoms. The summed E-state index contributed by atoms with van der Waals surface area (Å²) in [5.41, 5.74) is 0.678. The summed E-state index contributed by atoms with van der Waals surface area (Å²) < 4.78 is 19.9. The van der Waals surface area contributed by atoms with Gasteiger partial charge in [0, 0.05) is 24.8 Å². The number of pyridine rings is 1. The van der Waals surface area contributed by atoms with Gasteiger partial charge in [0.2, 0.25) is 0 Å². The van der Waals surface area contributed by atoms with E-state index in [0.717, 1.165) is 13.0 Å². The predicted molar refractivity (Wildman–Crippen MR) is 73.8 cm³/mol. The van der Waals surface area contributed by atoms with Crippen molar-refractivity contribution in [1.29, 1.82) is 0 Å². The lowest BCUT2D eigenvalue weighted by Gasteiger charge is -2.34. The lowest BCUT2D eigenvalue weighted by atomic mass is 10.2. The van der Waals surface area contributed by atoms with Crippen LogP contribution in [0.2, 0.25) is 0 Å². The van der Waals surface area contributed by atoms with Crippen molar-refractivity contribution in [3.63, 3.8) is 0 Å². The second-order valence-corrected chi connectivity index (χ2v) is 4.90. The summed E-state index contributed by atoms with van der Waals surface area (Å²) >= 11 is 0. The molecule has 106 valence electrons. The first-order chi connectivity index (χ1) is 9.24. The van der Waals surface area contributed by atoms with Crippen molar-refractivity contribution in [2.45, 2.75) is 32.9 Å². The normalized spacial score (nSPS) is 19.7. The highest BCUT2D eigenvalue weighted by atomic mass is 19.1. The first kappa shape index (κ1) is 14.2. The first-order valence-electron chi connectivity index (χ1n) is 6.92. The van der Waals surface area contributed by atoms with E-state index in [-0.39, 0.29) is 11.9 Å². The molecule has 1 aliphatic heterocycles. The molecule has 2 rings (SSSR count). The second-order valence-electron chi connectivity index (χ2n) is 4.90. The highest BCUT2D eigenvalue weighted by Crippen LogP contribution is 2.23. The minimum Gasteiger partial charge on any atom is -0.377 e. The Hall–Kier alpha value is -1.20. The van der Waals surface area contributed by atoms with Crippen LogP contribution in [0.4, 0.5) is 10.2 Å². The third-order valence-electron chi connectivity index (χ3n) is 3.33. The van der Waals surface area contributed by atoms with E-state index in [1.54, 1.807) is 12.3 Å². The van der Waals surface area contributed by atoms with Gasteiger partial charge < -0.3 is 15.0 Å². The standard InChI is InChI=1S/C14H22FN3O/c1-3-5-16-9-12-4-6-17-14(13(12)15)18-7-8-19-10-11(18)2/h4,6,11,16H,3,5,7-10H2,1-2H3. The maximum absolute atomic E-state index is 14.5. The Labute approximate surface area is 114 Å². The molecule has 0 aromatic carbocycles. The predicted octanol–water partition coefficient (Wildman–Crippen LogP) is 1.95.